The van der Waals surface area contributed by atoms with Crippen LogP contribution in [0.25, 0.3) is 11.0 Å². The van der Waals surface area contributed by atoms with E-state index >= 15 is 0 Å². The number of ether oxygens (including phenoxy) is 2. The van der Waals surface area contributed by atoms with Crippen molar-refractivity contribution in [3.8, 4) is 0 Å². The summed E-state index contributed by atoms with van der Waals surface area (Å²) in [5, 5.41) is 7.73. The fourth-order valence-electron chi connectivity index (χ4n) is 5.38. The number of benzene rings is 1. The van der Waals surface area contributed by atoms with Crippen molar-refractivity contribution in [1.82, 2.24) is 15.4 Å². The highest BCUT2D eigenvalue weighted by atomic mass is 19.2. The zero-order chi connectivity index (χ0) is 24.2. The van der Waals surface area contributed by atoms with E-state index in [1.54, 1.807) is 0 Å². The number of amides is 1. The molecule has 3 heterocycles. The average Bonchev–Trinajstić information content (AvgIpc) is 3.27. The lowest BCUT2D eigenvalue weighted by atomic mass is 9.84. The lowest BCUT2D eigenvalue weighted by Crippen LogP contribution is -2.47. The largest absolute Gasteiger partial charge is 0.354 e. The standard InChI is InChI=1S/C25H34F2N4O4/c26-20-14-19-22(15-21(20)27)35-29-25(19)31-10-8-30(9-11-31)7-6-17-2-4-18(5-3-17)28-23(32)16-24-33-12-1-13-34-24/h14-15,17-18,24H,1-13,16H2,(H,28,32). The van der Waals surface area contributed by atoms with Crippen molar-refractivity contribution in [2.45, 2.75) is 57.3 Å². The number of halogens is 2. The zero-order valence-electron chi connectivity index (χ0n) is 20.0. The number of piperazine rings is 1. The molecule has 1 aliphatic carbocycles. The van der Waals surface area contributed by atoms with Crippen molar-refractivity contribution in [1.29, 1.82) is 0 Å². The third kappa shape index (κ3) is 6.10. The van der Waals surface area contributed by atoms with Crippen LogP contribution in [0.1, 0.15) is 44.9 Å². The lowest BCUT2D eigenvalue weighted by molar-refractivity contribution is -0.184. The Morgan fingerprint density at radius 2 is 1.74 bits per heavy atom. The molecule has 8 nitrogen and oxygen atoms in total. The summed E-state index contributed by atoms with van der Waals surface area (Å²) in [7, 11) is 0. The maximum Gasteiger partial charge on any atom is 0.225 e. The number of nitrogens with zero attached hydrogens (tertiary/aromatic N) is 3. The molecule has 0 radical (unpaired) electrons. The normalized spacial score (nSPS) is 24.7. The molecule has 1 aromatic heterocycles. The van der Waals surface area contributed by atoms with Crippen molar-refractivity contribution >= 4 is 22.7 Å². The molecule has 192 valence electrons. The van der Waals surface area contributed by atoms with Crippen LogP contribution in [0.3, 0.4) is 0 Å². The van der Waals surface area contributed by atoms with Gasteiger partial charge in [-0.1, -0.05) is 5.16 Å². The van der Waals surface area contributed by atoms with Crippen molar-refractivity contribution < 1.29 is 27.6 Å². The van der Waals surface area contributed by atoms with Gasteiger partial charge in [0.25, 0.3) is 0 Å². The Labute approximate surface area is 203 Å². The van der Waals surface area contributed by atoms with E-state index in [-0.39, 0.29) is 24.0 Å². The van der Waals surface area contributed by atoms with Gasteiger partial charge in [0.2, 0.25) is 5.91 Å². The van der Waals surface area contributed by atoms with E-state index < -0.39 is 17.9 Å². The van der Waals surface area contributed by atoms with Gasteiger partial charge in [-0.05, 0) is 57.1 Å². The summed E-state index contributed by atoms with van der Waals surface area (Å²) in [6.45, 7) is 5.71. The second-order valence-corrected chi connectivity index (χ2v) is 9.90. The summed E-state index contributed by atoms with van der Waals surface area (Å²) < 4.78 is 43.3. The van der Waals surface area contributed by atoms with Crippen LogP contribution >= 0.6 is 0 Å². The van der Waals surface area contributed by atoms with Gasteiger partial charge < -0.3 is 24.2 Å². The van der Waals surface area contributed by atoms with Crippen LogP contribution in [0.15, 0.2) is 16.7 Å². The molecule has 0 bridgehead atoms. The maximum atomic E-state index is 13.7. The molecule has 0 atom stereocenters. The van der Waals surface area contributed by atoms with Crippen molar-refractivity contribution in [2.75, 3.05) is 50.8 Å². The monoisotopic (exact) mass is 492 g/mol. The molecule has 1 aromatic carbocycles. The number of aromatic nitrogens is 1. The molecule has 10 heteroatoms. The quantitative estimate of drug-likeness (QED) is 0.634. The second-order valence-electron chi connectivity index (χ2n) is 9.90. The average molecular weight is 493 g/mol. The van der Waals surface area contributed by atoms with Gasteiger partial charge in [-0.15, -0.1) is 0 Å². The number of anilines is 1. The Morgan fingerprint density at radius 3 is 2.49 bits per heavy atom. The topological polar surface area (TPSA) is 80.1 Å². The molecule has 2 aliphatic heterocycles. The fourth-order valence-corrected chi connectivity index (χ4v) is 5.38. The molecule has 2 aromatic rings. The lowest BCUT2D eigenvalue weighted by Gasteiger charge is -2.36. The SMILES string of the molecule is O=C(CC1OCCCO1)NC1CCC(CCN2CCN(c3noc4cc(F)c(F)cc34)CC2)CC1. The predicted molar refractivity (Wildman–Crippen MR) is 126 cm³/mol. The molecule has 0 unspecified atom stereocenters. The highest BCUT2D eigenvalue weighted by molar-refractivity contribution is 5.88. The third-order valence-corrected chi connectivity index (χ3v) is 7.48. The molecular weight excluding hydrogens is 458 g/mol. The molecule has 1 amide bonds. The summed E-state index contributed by atoms with van der Waals surface area (Å²) in [4.78, 5) is 16.8. The van der Waals surface area contributed by atoms with Crippen LogP contribution < -0.4 is 10.2 Å². The summed E-state index contributed by atoms with van der Waals surface area (Å²) in [5.41, 5.74) is 0.267. The second kappa shape index (κ2) is 11.2. The number of carbonyl (C=O) groups is 1. The minimum Gasteiger partial charge on any atom is -0.354 e. The first-order valence-corrected chi connectivity index (χ1v) is 12.8. The summed E-state index contributed by atoms with van der Waals surface area (Å²) in [5.74, 6) is -0.526. The first-order valence-electron chi connectivity index (χ1n) is 12.8. The first-order chi connectivity index (χ1) is 17.0. The number of hydrogen-bond donors (Lipinski definition) is 1. The molecular formula is C25H34F2N4O4. The molecule has 2 saturated heterocycles. The van der Waals surface area contributed by atoms with E-state index in [2.05, 4.69) is 20.3 Å². The molecule has 3 aliphatic rings. The van der Waals surface area contributed by atoms with Crippen molar-refractivity contribution in [3.63, 3.8) is 0 Å². The molecule has 3 fully saturated rings. The van der Waals surface area contributed by atoms with Gasteiger partial charge in [0.15, 0.2) is 29.3 Å². The van der Waals surface area contributed by atoms with E-state index in [1.165, 1.54) is 6.07 Å². The first kappa shape index (κ1) is 24.4. The molecule has 1 N–H and O–H groups in total. The summed E-state index contributed by atoms with van der Waals surface area (Å²) >= 11 is 0. The van der Waals surface area contributed by atoms with Crippen molar-refractivity contribution in [2.24, 2.45) is 5.92 Å². The Hall–Kier alpha value is -2.30. The van der Waals surface area contributed by atoms with Crippen LogP contribution in [0.4, 0.5) is 14.6 Å². The Kier molecular flexibility index (Phi) is 7.79. The Bertz CT molecular complexity index is 997. The third-order valence-electron chi connectivity index (χ3n) is 7.48. The number of carbonyl (C=O) groups excluding carboxylic acids is 1. The maximum absolute atomic E-state index is 13.7. The van der Waals surface area contributed by atoms with Gasteiger partial charge in [0, 0.05) is 38.3 Å². The summed E-state index contributed by atoms with van der Waals surface area (Å²) in [6.07, 6.45) is 6.24. The van der Waals surface area contributed by atoms with E-state index in [4.69, 9.17) is 14.0 Å². The van der Waals surface area contributed by atoms with E-state index in [0.29, 0.717) is 30.3 Å². The minimum atomic E-state index is -0.926. The van der Waals surface area contributed by atoms with Gasteiger partial charge in [0.05, 0.1) is 25.0 Å². The number of nitrogens with one attached hydrogen (secondary N) is 1. The van der Waals surface area contributed by atoms with Crippen LogP contribution in [0, 0.1) is 17.6 Å². The van der Waals surface area contributed by atoms with Gasteiger partial charge in [-0.3, -0.25) is 9.69 Å². The fraction of sp³-hybridized carbons (Fsp3) is 0.680. The van der Waals surface area contributed by atoms with Gasteiger partial charge in [-0.2, -0.15) is 0 Å². The minimum absolute atomic E-state index is 0.0194. The molecule has 0 spiro atoms. The molecule has 35 heavy (non-hydrogen) atoms. The van der Waals surface area contributed by atoms with Crippen LogP contribution in [0.5, 0.6) is 0 Å². The molecule has 1 saturated carbocycles. The highest BCUT2D eigenvalue weighted by Gasteiger charge is 2.26. The zero-order valence-corrected chi connectivity index (χ0v) is 20.0. The van der Waals surface area contributed by atoms with E-state index in [0.717, 1.165) is 77.3 Å². The van der Waals surface area contributed by atoms with Crippen LogP contribution in [-0.2, 0) is 14.3 Å². The number of fused-ring (bicyclic) bond motifs is 1. The van der Waals surface area contributed by atoms with E-state index in [1.807, 2.05) is 0 Å². The Balaban J connectivity index is 1.00. The number of rotatable bonds is 7. The molecule has 5 rings (SSSR count). The van der Waals surface area contributed by atoms with Crippen molar-refractivity contribution in [3.05, 3.63) is 23.8 Å². The van der Waals surface area contributed by atoms with Crippen LogP contribution in [0.2, 0.25) is 0 Å². The van der Waals surface area contributed by atoms with Crippen LogP contribution in [-0.4, -0.2) is 74.2 Å². The summed E-state index contributed by atoms with van der Waals surface area (Å²) in [6, 6.07) is 2.47. The van der Waals surface area contributed by atoms with Gasteiger partial charge >= 0.3 is 0 Å². The highest BCUT2D eigenvalue weighted by Crippen LogP contribution is 2.30. The predicted octanol–water partition coefficient (Wildman–Crippen LogP) is 3.45. The number of hydrogen-bond acceptors (Lipinski definition) is 7. The van der Waals surface area contributed by atoms with Gasteiger partial charge in [0.1, 0.15) is 0 Å². The van der Waals surface area contributed by atoms with E-state index in [9.17, 15) is 13.6 Å². The van der Waals surface area contributed by atoms with Gasteiger partial charge in [-0.25, -0.2) is 8.78 Å². The smallest absolute Gasteiger partial charge is 0.225 e. The Morgan fingerprint density at radius 1 is 1.03 bits per heavy atom.